The number of aryl methyl sites for hydroxylation is 1. The zero-order valence-corrected chi connectivity index (χ0v) is 14.9. The number of rotatable bonds is 9. The van der Waals surface area contributed by atoms with Crippen molar-refractivity contribution in [2.75, 3.05) is 20.3 Å². The monoisotopic (exact) mass is 394 g/mol. The van der Waals surface area contributed by atoms with Crippen LogP contribution in [0.15, 0.2) is 46.9 Å². The van der Waals surface area contributed by atoms with Gasteiger partial charge in [0, 0.05) is 17.0 Å². The molecule has 0 saturated carbocycles. The highest BCUT2D eigenvalue weighted by atomic mass is 79.9. The molecule has 2 aromatic carbocycles. The molecule has 24 heavy (non-hydrogen) atoms. The van der Waals surface area contributed by atoms with Gasteiger partial charge in [0.1, 0.15) is 30.5 Å². The number of hydrogen-bond donors (Lipinski definition) is 1. The average molecular weight is 395 g/mol. The van der Waals surface area contributed by atoms with E-state index in [9.17, 15) is 4.79 Å². The normalized spacial score (nSPS) is 10.2. The number of methoxy groups -OCH3 is 1. The van der Waals surface area contributed by atoms with Crippen molar-refractivity contribution in [3.05, 3.63) is 52.5 Å². The molecule has 0 aliphatic heterocycles. The first-order valence-electron chi connectivity index (χ1n) is 7.48. The maximum Gasteiger partial charge on any atom is 0.303 e. The summed E-state index contributed by atoms with van der Waals surface area (Å²) in [5, 5.41) is 8.84. The predicted octanol–water partition coefficient (Wildman–Crippen LogP) is 3.93. The molecule has 0 aliphatic rings. The van der Waals surface area contributed by atoms with Crippen LogP contribution in [0, 0.1) is 0 Å². The molecule has 0 spiro atoms. The highest BCUT2D eigenvalue weighted by Gasteiger charge is 2.07. The Morgan fingerprint density at radius 3 is 2.58 bits per heavy atom. The van der Waals surface area contributed by atoms with E-state index in [-0.39, 0.29) is 6.42 Å². The van der Waals surface area contributed by atoms with E-state index in [0.29, 0.717) is 31.1 Å². The van der Waals surface area contributed by atoms with Crippen LogP contribution in [-0.2, 0) is 11.2 Å². The Morgan fingerprint density at radius 1 is 1.08 bits per heavy atom. The fraction of sp³-hybridized carbons (Fsp3) is 0.278. The fourth-order valence-electron chi connectivity index (χ4n) is 2.13. The molecule has 0 amide bonds. The van der Waals surface area contributed by atoms with Gasteiger partial charge in [-0.2, -0.15) is 0 Å². The first-order chi connectivity index (χ1) is 11.6. The smallest absolute Gasteiger partial charge is 0.303 e. The second-order valence-corrected chi connectivity index (χ2v) is 5.94. The Bertz CT molecular complexity index is 687. The molecule has 6 heteroatoms. The van der Waals surface area contributed by atoms with Crippen molar-refractivity contribution in [2.45, 2.75) is 12.8 Å². The Kier molecular flexibility index (Phi) is 6.93. The standard InChI is InChI=1S/C18H19BrO5/c1-22-15-3-2-4-16(12-15)23-9-10-24-17-7-6-14(19)11-13(17)5-8-18(20)21/h2-4,6-7,11-12H,5,8-10H2,1H3,(H,20,21). The van der Waals surface area contributed by atoms with Gasteiger partial charge in [-0.05, 0) is 42.3 Å². The van der Waals surface area contributed by atoms with Gasteiger partial charge >= 0.3 is 5.97 Å². The molecule has 0 unspecified atom stereocenters. The van der Waals surface area contributed by atoms with E-state index < -0.39 is 5.97 Å². The summed E-state index contributed by atoms with van der Waals surface area (Å²) in [7, 11) is 1.61. The van der Waals surface area contributed by atoms with E-state index in [0.717, 1.165) is 15.8 Å². The predicted molar refractivity (Wildman–Crippen MR) is 94.1 cm³/mol. The Labute approximate surface area is 149 Å². The van der Waals surface area contributed by atoms with Crippen molar-refractivity contribution in [1.29, 1.82) is 0 Å². The molecule has 2 aromatic rings. The van der Waals surface area contributed by atoms with Crippen LogP contribution >= 0.6 is 15.9 Å². The summed E-state index contributed by atoms with van der Waals surface area (Å²) in [6.45, 7) is 0.737. The minimum absolute atomic E-state index is 0.0626. The Hall–Kier alpha value is -2.21. The van der Waals surface area contributed by atoms with Gasteiger partial charge in [-0.3, -0.25) is 4.79 Å². The molecule has 5 nitrogen and oxygen atoms in total. The van der Waals surface area contributed by atoms with Crippen molar-refractivity contribution in [3.63, 3.8) is 0 Å². The molecule has 0 heterocycles. The summed E-state index contributed by atoms with van der Waals surface area (Å²) < 4.78 is 17.4. The van der Waals surface area contributed by atoms with Crippen molar-refractivity contribution >= 4 is 21.9 Å². The van der Waals surface area contributed by atoms with Crippen molar-refractivity contribution in [2.24, 2.45) is 0 Å². The zero-order valence-electron chi connectivity index (χ0n) is 13.3. The fourth-order valence-corrected chi connectivity index (χ4v) is 2.54. The minimum atomic E-state index is -0.831. The number of hydrogen-bond acceptors (Lipinski definition) is 4. The van der Waals surface area contributed by atoms with Crippen LogP contribution in [0.3, 0.4) is 0 Å². The van der Waals surface area contributed by atoms with Gasteiger partial charge in [0.15, 0.2) is 0 Å². The highest BCUT2D eigenvalue weighted by molar-refractivity contribution is 9.10. The summed E-state index contributed by atoms with van der Waals surface area (Å²) in [6.07, 6.45) is 0.480. The van der Waals surface area contributed by atoms with Gasteiger partial charge in [0.2, 0.25) is 0 Å². The van der Waals surface area contributed by atoms with Crippen LogP contribution < -0.4 is 14.2 Å². The maximum absolute atomic E-state index is 10.8. The number of benzene rings is 2. The van der Waals surface area contributed by atoms with E-state index in [1.807, 2.05) is 36.4 Å². The van der Waals surface area contributed by atoms with Gasteiger partial charge in [0.05, 0.1) is 7.11 Å². The van der Waals surface area contributed by atoms with Gasteiger partial charge < -0.3 is 19.3 Å². The lowest BCUT2D eigenvalue weighted by Gasteiger charge is -2.12. The van der Waals surface area contributed by atoms with E-state index in [1.54, 1.807) is 13.2 Å². The van der Waals surface area contributed by atoms with Crippen LogP contribution in [-0.4, -0.2) is 31.4 Å². The lowest BCUT2D eigenvalue weighted by molar-refractivity contribution is -0.136. The third-order valence-electron chi connectivity index (χ3n) is 3.28. The van der Waals surface area contributed by atoms with Crippen molar-refractivity contribution in [1.82, 2.24) is 0 Å². The summed E-state index contributed by atoms with van der Waals surface area (Å²) in [6, 6.07) is 12.9. The van der Waals surface area contributed by atoms with Gasteiger partial charge in [-0.25, -0.2) is 0 Å². The molecular weight excluding hydrogens is 376 g/mol. The second kappa shape index (κ2) is 9.17. The Balaban J connectivity index is 1.88. The van der Waals surface area contributed by atoms with Gasteiger partial charge in [0.25, 0.3) is 0 Å². The van der Waals surface area contributed by atoms with Gasteiger partial charge in [-0.1, -0.05) is 22.0 Å². The molecule has 0 saturated heterocycles. The molecule has 0 aliphatic carbocycles. The molecular formula is C18H19BrO5. The van der Waals surface area contributed by atoms with E-state index in [2.05, 4.69) is 15.9 Å². The quantitative estimate of drug-likeness (QED) is 0.652. The average Bonchev–Trinajstić information content (AvgIpc) is 2.58. The molecule has 128 valence electrons. The third-order valence-corrected chi connectivity index (χ3v) is 3.77. The van der Waals surface area contributed by atoms with E-state index in [4.69, 9.17) is 19.3 Å². The number of carbonyl (C=O) groups is 1. The lowest BCUT2D eigenvalue weighted by atomic mass is 10.1. The van der Waals surface area contributed by atoms with Crippen LogP contribution in [0.5, 0.6) is 17.2 Å². The van der Waals surface area contributed by atoms with E-state index >= 15 is 0 Å². The number of carboxylic acid groups (broad SMARTS) is 1. The number of ether oxygens (including phenoxy) is 3. The van der Waals surface area contributed by atoms with Crippen LogP contribution in [0.25, 0.3) is 0 Å². The molecule has 0 radical (unpaired) electrons. The van der Waals surface area contributed by atoms with Crippen LogP contribution in [0.2, 0.25) is 0 Å². The molecule has 0 atom stereocenters. The topological polar surface area (TPSA) is 65.0 Å². The largest absolute Gasteiger partial charge is 0.497 e. The molecule has 0 aromatic heterocycles. The number of halogens is 1. The van der Waals surface area contributed by atoms with E-state index in [1.165, 1.54) is 0 Å². The van der Waals surface area contributed by atoms with Crippen LogP contribution in [0.4, 0.5) is 0 Å². The SMILES string of the molecule is COc1cccc(OCCOc2ccc(Br)cc2CCC(=O)O)c1. The summed E-state index contributed by atoms with van der Waals surface area (Å²) in [5.74, 6) is 1.29. The zero-order chi connectivity index (χ0) is 17.4. The Morgan fingerprint density at radius 2 is 1.83 bits per heavy atom. The lowest BCUT2D eigenvalue weighted by Crippen LogP contribution is -2.10. The highest BCUT2D eigenvalue weighted by Crippen LogP contribution is 2.25. The maximum atomic E-state index is 10.8. The number of aliphatic carboxylic acids is 1. The first kappa shape index (κ1) is 18.1. The number of carboxylic acids is 1. The third kappa shape index (κ3) is 5.77. The summed E-state index contributed by atoms with van der Waals surface area (Å²) >= 11 is 3.39. The van der Waals surface area contributed by atoms with Gasteiger partial charge in [-0.15, -0.1) is 0 Å². The molecule has 2 rings (SSSR count). The van der Waals surface area contributed by atoms with Crippen molar-refractivity contribution in [3.8, 4) is 17.2 Å². The molecule has 0 bridgehead atoms. The molecule has 0 fully saturated rings. The minimum Gasteiger partial charge on any atom is -0.497 e. The van der Waals surface area contributed by atoms with Crippen LogP contribution in [0.1, 0.15) is 12.0 Å². The second-order valence-electron chi connectivity index (χ2n) is 5.02. The van der Waals surface area contributed by atoms with Crippen molar-refractivity contribution < 1.29 is 24.1 Å². The first-order valence-corrected chi connectivity index (χ1v) is 8.27. The molecule has 1 N–H and O–H groups in total. The summed E-state index contributed by atoms with van der Waals surface area (Å²) in [4.78, 5) is 10.8. The summed E-state index contributed by atoms with van der Waals surface area (Å²) in [5.41, 5.74) is 0.855.